The Labute approximate surface area is 207 Å². The van der Waals surface area contributed by atoms with Gasteiger partial charge in [0, 0.05) is 16.9 Å². The van der Waals surface area contributed by atoms with Crippen molar-refractivity contribution in [3.8, 4) is 0 Å². The molecule has 35 heavy (non-hydrogen) atoms. The molecule has 3 aromatic carbocycles. The molecule has 178 valence electrons. The average Bonchev–Trinajstić information content (AvgIpc) is 3.28. The molecule has 3 aromatic rings. The molecule has 3 amide bonds. The number of anilines is 3. The maximum Gasteiger partial charge on any atom is 0.269 e. The second-order valence-corrected chi connectivity index (χ2v) is 10.0. The lowest BCUT2D eigenvalue weighted by Crippen LogP contribution is -2.50. The van der Waals surface area contributed by atoms with E-state index in [0.29, 0.717) is 22.6 Å². The van der Waals surface area contributed by atoms with Crippen LogP contribution in [0, 0.1) is 26.6 Å². The number of nitrogens with zero attached hydrogens (tertiary/aromatic N) is 2. The van der Waals surface area contributed by atoms with Gasteiger partial charge >= 0.3 is 0 Å². The summed E-state index contributed by atoms with van der Waals surface area (Å²) in [6.07, 6.45) is 0. The van der Waals surface area contributed by atoms with Crippen LogP contribution >= 0.6 is 11.8 Å². The Morgan fingerprint density at radius 1 is 1.03 bits per heavy atom. The molecule has 5 rings (SSSR count). The molecule has 1 fully saturated rings. The van der Waals surface area contributed by atoms with Crippen LogP contribution in [0.1, 0.15) is 22.3 Å². The molecule has 1 N–H and O–H groups in total. The summed E-state index contributed by atoms with van der Waals surface area (Å²) in [6, 6.07) is 16.9. The molecule has 1 atom stereocenters. The van der Waals surface area contributed by atoms with Gasteiger partial charge in [-0.2, -0.15) is 0 Å². The fraction of sp³-hybridized carbons (Fsp3) is 0.222. The zero-order valence-electron chi connectivity index (χ0n) is 19.6. The highest BCUT2D eigenvalue weighted by atomic mass is 32.2. The molecule has 8 heteroatoms. The Morgan fingerprint density at radius 3 is 2.51 bits per heavy atom. The Kier molecular flexibility index (Phi) is 5.63. The fourth-order valence-electron chi connectivity index (χ4n) is 4.79. The number of thioether (sulfide) groups is 1. The first-order chi connectivity index (χ1) is 16.7. The summed E-state index contributed by atoms with van der Waals surface area (Å²) in [4.78, 5) is 41.8. The number of nitrogens with one attached hydrogen (secondary N) is 1. The largest absolute Gasteiger partial charge is 0.324 e. The van der Waals surface area contributed by atoms with Gasteiger partial charge in [-0.3, -0.25) is 24.2 Å². The lowest BCUT2D eigenvalue weighted by Gasteiger charge is -2.33. The molecular formula is C27H24FN3O3S. The monoisotopic (exact) mass is 489 g/mol. The van der Waals surface area contributed by atoms with Gasteiger partial charge in [0.1, 0.15) is 12.4 Å². The normalized spacial score (nSPS) is 19.0. The van der Waals surface area contributed by atoms with Crippen molar-refractivity contribution in [1.29, 1.82) is 0 Å². The van der Waals surface area contributed by atoms with E-state index in [4.69, 9.17) is 0 Å². The molecule has 1 spiro atoms. The predicted molar refractivity (Wildman–Crippen MR) is 136 cm³/mol. The minimum absolute atomic E-state index is 0.0963. The summed E-state index contributed by atoms with van der Waals surface area (Å²) in [7, 11) is 0. The second kappa shape index (κ2) is 8.53. The number of benzene rings is 3. The highest BCUT2D eigenvalue weighted by Crippen LogP contribution is 2.56. The maximum atomic E-state index is 14.1. The predicted octanol–water partition coefficient (Wildman–Crippen LogP) is 4.67. The zero-order valence-corrected chi connectivity index (χ0v) is 20.4. The van der Waals surface area contributed by atoms with Gasteiger partial charge in [0.2, 0.25) is 16.7 Å². The Morgan fingerprint density at radius 2 is 1.77 bits per heavy atom. The molecule has 6 nitrogen and oxygen atoms in total. The third-order valence-electron chi connectivity index (χ3n) is 6.43. The number of carbonyl (C=O) groups excluding carboxylic acids is 3. The summed E-state index contributed by atoms with van der Waals surface area (Å²) < 4.78 is 13.6. The van der Waals surface area contributed by atoms with Crippen molar-refractivity contribution in [3.63, 3.8) is 0 Å². The van der Waals surface area contributed by atoms with Crippen LogP contribution in [0.15, 0.2) is 60.7 Å². The molecule has 0 bridgehead atoms. The first kappa shape index (κ1) is 23.1. The van der Waals surface area contributed by atoms with Crippen LogP contribution < -0.4 is 15.1 Å². The van der Waals surface area contributed by atoms with Crippen LogP contribution in [0.5, 0.6) is 0 Å². The number of hydrogen-bond donors (Lipinski definition) is 1. The smallest absolute Gasteiger partial charge is 0.269 e. The number of carbonyl (C=O) groups is 3. The number of aryl methyl sites for hydroxylation is 3. The van der Waals surface area contributed by atoms with E-state index in [1.54, 1.807) is 0 Å². The topological polar surface area (TPSA) is 69.7 Å². The average molecular weight is 490 g/mol. The van der Waals surface area contributed by atoms with Crippen LogP contribution in [0.3, 0.4) is 0 Å². The molecule has 0 aliphatic carbocycles. The van der Waals surface area contributed by atoms with E-state index in [-0.39, 0.29) is 30.0 Å². The molecule has 0 unspecified atom stereocenters. The molecule has 2 aliphatic heterocycles. The number of rotatable bonds is 4. The van der Waals surface area contributed by atoms with Crippen LogP contribution in [0.4, 0.5) is 21.5 Å². The van der Waals surface area contributed by atoms with Gasteiger partial charge in [-0.05, 0) is 67.8 Å². The highest BCUT2D eigenvalue weighted by Gasteiger charge is 2.61. The summed E-state index contributed by atoms with van der Waals surface area (Å²) >= 11 is 1.23. The first-order valence-electron chi connectivity index (χ1n) is 11.2. The van der Waals surface area contributed by atoms with Crippen molar-refractivity contribution < 1.29 is 18.8 Å². The zero-order chi connectivity index (χ0) is 24.9. The van der Waals surface area contributed by atoms with Gasteiger partial charge in [-0.1, -0.05) is 30.3 Å². The van der Waals surface area contributed by atoms with Gasteiger partial charge in [-0.25, -0.2) is 4.39 Å². The number of para-hydroxylation sites is 1. The summed E-state index contributed by atoms with van der Waals surface area (Å²) in [5.74, 6) is -1.28. The van der Waals surface area contributed by atoms with Crippen LogP contribution in [-0.4, -0.2) is 30.0 Å². The molecule has 0 aromatic heterocycles. The van der Waals surface area contributed by atoms with E-state index >= 15 is 0 Å². The van der Waals surface area contributed by atoms with Gasteiger partial charge in [0.15, 0.2) is 0 Å². The van der Waals surface area contributed by atoms with Crippen LogP contribution in [-0.2, 0) is 19.3 Å². The lowest BCUT2D eigenvalue weighted by molar-refractivity contribution is -0.124. The van der Waals surface area contributed by atoms with E-state index in [2.05, 4.69) is 5.32 Å². The van der Waals surface area contributed by atoms with E-state index < -0.39 is 10.7 Å². The van der Waals surface area contributed by atoms with Gasteiger partial charge in [0.25, 0.3) is 5.91 Å². The molecule has 2 aliphatic rings. The first-order valence-corrected chi connectivity index (χ1v) is 12.2. The molecule has 0 radical (unpaired) electrons. The number of amides is 3. The Hall–Kier alpha value is -3.65. The number of fused-ring (bicyclic) bond motifs is 2. The second-order valence-electron chi connectivity index (χ2n) is 8.87. The van der Waals surface area contributed by atoms with E-state index in [0.717, 1.165) is 16.7 Å². The standard InChI is InChI=1S/C27H24FN3O3S/c1-16-7-8-17(2)22(13-16)29-23(32)14-30-25-18(3)5-4-6-21(25)27(26(30)34)31(24(33)15-35-27)20-11-9-19(28)10-12-20/h4-13H,14-15H2,1-3H3,(H,29,32)/t27-/m1/s1. The summed E-state index contributed by atoms with van der Waals surface area (Å²) in [5.41, 5.74) is 5.17. The van der Waals surface area contributed by atoms with E-state index in [1.807, 2.05) is 57.2 Å². The summed E-state index contributed by atoms with van der Waals surface area (Å²) in [5, 5.41) is 2.92. The van der Waals surface area contributed by atoms with Crippen molar-refractivity contribution in [2.45, 2.75) is 25.6 Å². The third kappa shape index (κ3) is 3.69. The third-order valence-corrected chi connectivity index (χ3v) is 7.82. The Bertz CT molecular complexity index is 1370. The molecule has 1 saturated heterocycles. The maximum absolute atomic E-state index is 14.1. The Balaban J connectivity index is 1.55. The van der Waals surface area contributed by atoms with Gasteiger partial charge in [-0.15, -0.1) is 11.8 Å². The summed E-state index contributed by atoms with van der Waals surface area (Å²) in [6.45, 7) is 5.54. The van der Waals surface area contributed by atoms with Crippen molar-refractivity contribution in [1.82, 2.24) is 0 Å². The minimum atomic E-state index is -1.35. The molecule has 0 saturated carbocycles. The van der Waals surface area contributed by atoms with Crippen molar-refractivity contribution in [2.24, 2.45) is 0 Å². The van der Waals surface area contributed by atoms with Crippen molar-refractivity contribution >= 4 is 46.5 Å². The van der Waals surface area contributed by atoms with E-state index in [1.165, 1.54) is 45.8 Å². The molecular weight excluding hydrogens is 465 g/mol. The molecule has 2 heterocycles. The van der Waals surface area contributed by atoms with E-state index in [9.17, 15) is 18.8 Å². The fourth-order valence-corrected chi connectivity index (χ4v) is 6.14. The minimum Gasteiger partial charge on any atom is -0.324 e. The SMILES string of the molecule is Cc1ccc(C)c(NC(=O)CN2C(=O)[C@]3(SCC(=O)N3c3ccc(F)cc3)c3cccc(C)c32)c1. The van der Waals surface area contributed by atoms with Gasteiger partial charge in [0.05, 0.1) is 11.4 Å². The quantitative estimate of drug-likeness (QED) is 0.578. The lowest BCUT2D eigenvalue weighted by atomic mass is 10.0. The van der Waals surface area contributed by atoms with Crippen molar-refractivity contribution in [3.05, 3.63) is 88.7 Å². The number of hydrogen-bond acceptors (Lipinski definition) is 4. The highest BCUT2D eigenvalue weighted by molar-refractivity contribution is 8.02. The van der Waals surface area contributed by atoms with Crippen molar-refractivity contribution in [2.75, 3.05) is 27.4 Å². The van der Waals surface area contributed by atoms with Crippen LogP contribution in [0.2, 0.25) is 0 Å². The van der Waals surface area contributed by atoms with Crippen LogP contribution in [0.25, 0.3) is 0 Å². The van der Waals surface area contributed by atoms with Gasteiger partial charge < -0.3 is 5.32 Å². The number of halogens is 1.